The van der Waals surface area contributed by atoms with Crippen molar-refractivity contribution in [3.63, 3.8) is 0 Å². The van der Waals surface area contributed by atoms with Crippen molar-refractivity contribution >= 4 is 33.0 Å². The molecule has 0 aliphatic rings. The Balaban J connectivity index is 2.21. The smallest absolute Gasteiger partial charge is 0.144 e. The van der Waals surface area contributed by atoms with Crippen molar-refractivity contribution in [2.24, 2.45) is 0 Å². The first-order chi connectivity index (χ1) is 9.99. The second-order valence-electron chi connectivity index (χ2n) is 4.89. The fourth-order valence-electron chi connectivity index (χ4n) is 1.88. The minimum atomic E-state index is 0.0812. The van der Waals surface area contributed by atoms with Crippen molar-refractivity contribution in [1.29, 1.82) is 0 Å². The average molecular weight is 351 g/mol. The van der Waals surface area contributed by atoms with E-state index in [0.717, 1.165) is 21.6 Å². The lowest BCUT2D eigenvalue weighted by atomic mass is 10.2. The van der Waals surface area contributed by atoms with Crippen molar-refractivity contribution in [2.75, 3.05) is 18.2 Å². The number of benzene rings is 2. The molecule has 4 nitrogen and oxygen atoms in total. The summed E-state index contributed by atoms with van der Waals surface area (Å²) in [5, 5.41) is 3.32. The second-order valence-corrected chi connectivity index (χ2v) is 5.75. The van der Waals surface area contributed by atoms with E-state index in [-0.39, 0.29) is 6.10 Å². The Hall–Kier alpha value is -1.88. The third-order valence-corrected chi connectivity index (χ3v) is 3.44. The van der Waals surface area contributed by atoms with Gasteiger partial charge in [-0.2, -0.15) is 0 Å². The highest BCUT2D eigenvalue weighted by Crippen LogP contribution is 2.31. The first-order valence-electron chi connectivity index (χ1n) is 6.66. The summed E-state index contributed by atoms with van der Waals surface area (Å²) in [6.45, 7) is 3.94. The Morgan fingerprint density at radius 1 is 1.05 bits per heavy atom. The molecule has 0 aliphatic carbocycles. The summed E-state index contributed by atoms with van der Waals surface area (Å²) in [4.78, 5) is 0. The molecule has 3 N–H and O–H groups in total. The minimum absolute atomic E-state index is 0.0812. The van der Waals surface area contributed by atoms with Gasteiger partial charge in [0.15, 0.2) is 0 Å². The van der Waals surface area contributed by atoms with E-state index in [2.05, 4.69) is 21.2 Å². The van der Waals surface area contributed by atoms with Crippen molar-refractivity contribution in [3.05, 3.63) is 40.9 Å². The molecule has 0 aliphatic heterocycles. The van der Waals surface area contributed by atoms with E-state index < -0.39 is 0 Å². The molecule has 2 aromatic carbocycles. The average Bonchev–Trinajstić information content (AvgIpc) is 2.42. The highest BCUT2D eigenvalue weighted by molar-refractivity contribution is 9.10. The molecule has 0 saturated heterocycles. The Kier molecular flexibility index (Phi) is 4.96. The highest BCUT2D eigenvalue weighted by atomic mass is 79.9. The maximum absolute atomic E-state index is 5.92. The van der Waals surface area contributed by atoms with Crippen LogP contribution in [0.2, 0.25) is 0 Å². The van der Waals surface area contributed by atoms with E-state index in [1.807, 2.05) is 50.2 Å². The molecule has 0 heterocycles. The maximum Gasteiger partial charge on any atom is 0.144 e. The zero-order valence-electron chi connectivity index (χ0n) is 12.3. The second kappa shape index (κ2) is 6.72. The third-order valence-electron chi connectivity index (χ3n) is 2.82. The monoisotopic (exact) mass is 350 g/mol. The number of halogens is 1. The maximum atomic E-state index is 5.92. The molecule has 112 valence electrons. The standard InChI is InChI=1S/C16H19BrN2O2/c1-10(2)21-16-9-12(4-6-14(16)18)19-11-5-7-15(20-3)13(17)8-11/h4-10,19H,18H2,1-3H3. The lowest BCUT2D eigenvalue weighted by Gasteiger charge is -2.14. The van der Waals surface area contributed by atoms with Crippen molar-refractivity contribution in [3.8, 4) is 11.5 Å². The number of nitrogens with two attached hydrogens (primary N) is 1. The Morgan fingerprint density at radius 3 is 2.33 bits per heavy atom. The van der Waals surface area contributed by atoms with Gasteiger partial charge in [0.2, 0.25) is 0 Å². The minimum Gasteiger partial charge on any atom is -0.496 e. The van der Waals surface area contributed by atoms with Crippen LogP contribution in [0.4, 0.5) is 17.1 Å². The van der Waals surface area contributed by atoms with Gasteiger partial charge >= 0.3 is 0 Å². The molecule has 21 heavy (non-hydrogen) atoms. The zero-order chi connectivity index (χ0) is 15.4. The van der Waals surface area contributed by atoms with Gasteiger partial charge in [-0.3, -0.25) is 0 Å². The molecular formula is C16H19BrN2O2. The van der Waals surface area contributed by atoms with E-state index in [4.69, 9.17) is 15.2 Å². The summed E-state index contributed by atoms with van der Waals surface area (Å²) in [5.41, 5.74) is 8.41. The first-order valence-corrected chi connectivity index (χ1v) is 7.45. The number of ether oxygens (including phenoxy) is 2. The van der Waals surface area contributed by atoms with Crippen molar-refractivity contribution < 1.29 is 9.47 Å². The van der Waals surface area contributed by atoms with E-state index in [1.165, 1.54) is 0 Å². The van der Waals surface area contributed by atoms with Crippen LogP contribution in [-0.4, -0.2) is 13.2 Å². The summed E-state index contributed by atoms with van der Waals surface area (Å²) in [6.07, 6.45) is 0.0812. The fourth-order valence-corrected chi connectivity index (χ4v) is 2.42. The molecule has 0 saturated carbocycles. The van der Waals surface area contributed by atoms with Gasteiger partial charge in [-0.15, -0.1) is 0 Å². The lowest BCUT2D eigenvalue weighted by molar-refractivity contribution is 0.244. The summed E-state index contributed by atoms with van der Waals surface area (Å²) in [6, 6.07) is 11.4. The molecule has 0 unspecified atom stereocenters. The van der Waals surface area contributed by atoms with Crippen LogP contribution in [0.3, 0.4) is 0 Å². The van der Waals surface area contributed by atoms with Gasteiger partial charge in [0.1, 0.15) is 11.5 Å². The van der Waals surface area contributed by atoms with Gasteiger partial charge in [-0.25, -0.2) is 0 Å². The quantitative estimate of drug-likeness (QED) is 0.775. The van der Waals surface area contributed by atoms with Crippen LogP contribution in [0.25, 0.3) is 0 Å². The van der Waals surface area contributed by atoms with Gasteiger partial charge in [-0.1, -0.05) is 0 Å². The summed E-state index contributed by atoms with van der Waals surface area (Å²) < 4.78 is 11.8. The Labute approximate surface area is 133 Å². The number of nitrogen functional groups attached to an aromatic ring is 1. The van der Waals surface area contributed by atoms with Crippen LogP contribution in [-0.2, 0) is 0 Å². The number of anilines is 3. The fraction of sp³-hybridized carbons (Fsp3) is 0.250. The molecule has 0 fully saturated rings. The van der Waals surface area contributed by atoms with E-state index in [1.54, 1.807) is 7.11 Å². The largest absolute Gasteiger partial charge is 0.496 e. The van der Waals surface area contributed by atoms with Gasteiger partial charge in [0.05, 0.1) is 23.4 Å². The van der Waals surface area contributed by atoms with Crippen LogP contribution in [0.1, 0.15) is 13.8 Å². The number of hydrogen-bond acceptors (Lipinski definition) is 4. The normalized spacial score (nSPS) is 10.5. The molecule has 0 spiro atoms. The number of hydrogen-bond donors (Lipinski definition) is 2. The number of methoxy groups -OCH3 is 1. The Morgan fingerprint density at radius 2 is 1.71 bits per heavy atom. The summed E-state index contributed by atoms with van der Waals surface area (Å²) in [7, 11) is 1.64. The molecule has 0 bridgehead atoms. The molecule has 5 heteroatoms. The van der Waals surface area contributed by atoms with E-state index in [0.29, 0.717) is 11.4 Å². The van der Waals surface area contributed by atoms with Gasteiger partial charge in [0.25, 0.3) is 0 Å². The number of rotatable bonds is 5. The summed E-state index contributed by atoms with van der Waals surface area (Å²) in [5.74, 6) is 1.48. The molecule has 2 aromatic rings. The molecular weight excluding hydrogens is 332 g/mol. The predicted molar refractivity (Wildman–Crippen MR) is 90.6 cm³/mol. The van der Waals surface area contributed by atoms with Crippen molar-refractivity contribution in [1.82, 2.24) is 0 Å². The van der Waals surface area contributed by atoms with Crippen LogP contribution in [0.15, 0.2) is 40.9 Å². The molecule has 2 rings (SSSR count). The molecule has 0 aromatic heterocycles. The Bertz CT molecular complexity index is 630. The van der Waals surface area contributed by atoms with Crippen LogP contribution < -0.4 is 20.5 Å². The molecule has 0 atom stereocenters. The van der Waals surface area contributed by atoms with Gasteiger partial charge in [0, 0.05) is 17.4 Å². The predicted octanol–water partition coefficient (Wildman–Crippen LogP) is 4.57. The highest BCUT2D eigenvalue weighted by Gasteiger charge is 2.06. The molecule has 0 radical (unpaired) electrons. The van der Waals surface area contributed by atoms with Crippen LogP contribution >= 0.6 is 15.9 Å². The van der Waals surface area contributed by atoms with E-state index >= 15 is 0 Å². The van der Waals surface area contributed by atoms with E-state index in [9.17, 15) is 0 Å². The lowest BCUT2D eigenvalue weighted by Crippen LogP contribution is -2.07. The summed E-state index contributed by atoms with van der Waals surface area (Å²) >= 11 is 3.47. The SMILES string of the molecule is COc1ccc(Nc2ccc(N)c(OC(C)C)c2)cc1Br. The first kappa shape index (κ1) is 15.5. The van der Waals surface area contributed by atoms with Crippen LogP contribution in [0.5, 0.6) is 11.5 Å². The topological polar surface area (TPSA) is 56.5 Å². The molecule has 0 amide bonds. The zero-order valence-corrected chi connectivity index (χ0v) is 13.9. The third kappa shape index (κ3) is 4.04. The van der Waals surface area contributed by atoms with Crippen molar-refractivity contribution in [2.45, 2.75) is 20.0 Å². The van der Waals surface area contributed by atoms with Gasteiger partial charge < -0.3 is 20.5 Å². The number of nitrogens with one attached hydrogen (secondary N) is 1. The van der Waals surface area contributed by atoms with Crippen LogP contribution in [0, 0.1) is 0 Å². The van der Waals surface area contributed by atoms with Gasteiger partial charge in [-0.05, 0) is 60.1 Å².